The lowest BCUT2D eigenvalue weighted by atomic mass is 9.60. The van der Waals surface area contributed by atoms with E-state index < -0.39 is 0 Å². The van der Waals surface area contributed by atoms with Crippen LogP contribution in [0.4, 0.5) is 0 Å². The van der Waals surface area contributed by atoms with E-state index in [1.54, 1.807) is 11.3 Å². The lowest BCUT2D eigenvalue weighted by Crippen LogP contribution is -2.40. The fourth-order valence-corrected chi connectivity index (χ4v) is 3.99. The first-order chi connectivity index (χ1) is 8.74. The summed E-state index contributed by atoms with van der Waals surface area (Å²) in [6.45, 7) is 2.09. The first-order valence-corrected chi connectivity index (χ1v) is 7.39. The second-order valence-electron chi connectivity index (χ2n) is 5.25. The highest BCUT2D eigenvalue weighted by Gasteiger charge is 2.46. The number of hydrogen-bond acceptors (Lipinski definition) is 2. The minimum Gasteiger partial charge on any atom is -0.387 e. The van der Waals surface area contributed by atoms with Crippen LogP contribution in [-0.4, -0.2) is 5.11 Å². The van der Waals surface area contributed by atoms with Crippen molar-refractivity contribution >= 4 is 11.3 Å². The smallest absolute Gasteiger partial charge is 0.0980 e. The third-order valence-electron chi connectivity index (χ3n) is 4.27. The summed E-state index contributed by atoms with van der Waals surface area (Å²) in [6, 6.07) is 12.6. The Morgan fingerprint density at radius 2 is 1.89 bits per heavy atom. The van der Waals surface area contributed by atoms with Crippen LogP contribution in [0.15, 0.2) is 41.8 Å². The molecule has 1 nitrogen and oxygen atoms in total. The van der Waals surface area contributed by atoms with Crippen molar-refractivity contribution in [2.45, 2.75) is 37.7 Å². The summed E-state index contributed by atoms with van der Waals surface area (Å²) < 4.78 is 0. The van der Waals surface area contributed by atoms with Gasteiger partial charge in [0.15, 0.2) is 0 Å². The van der Waals surface area contributed by atoms with Gasteiger partial charge in [0.1, 0.15) is 0 Å². The third kappa shape index (κ3) is 1.72. The molecule has 0 bridgehead atoms. The molecule has 0 saturated heterocycles. The molecule has 1 aromatic heterocycles. The molecule has 3 rings (SSSR count). The van der Waals surface area contributed by atoms with Crippen molar-refractivity contribution < 1.29 is 5.11 Å². The zero-order chi connectivity index (χ0) is 12.6. The van der Waals surface area contributed by atoms with Crippen molar-refractivity contribution in [1.29, 1.82) is 0 Å². The van der Waals surface area contributed by atoms with E-state index in [0.29, 0.717) is 0 Å². The SMILES string of the molecule is Cc1ccsc1C(O)C1(c2ccccc2)CCC1. The molecule has 1 aromatic carbocycles. The molecule has 2 heteroatoms. The van der Waals surface area contributed by atoms with Crippen molar-refractivity contribution in [2.75, 3.05) is 0 Å². The van der Waals surface area contributed by atoms with Gasteiger partial charge in [-0.3, -0.25) is 0 Å². The maximum Gasteiger partial charge on any atom is 0.0980 e. The molecule has 1 aliphatic carbocycles. The molecule has 1 unspecified atom stereocenters. The van der Waals surface area contributed by atoms with Crippen LogP contribution in [0.5, 0.6) is 0 Å². The fraction of sp³-hybridized carbons (Fsp3) is 0.375. The van der Waals surface area contributed by atoms with Crippen LogP contribution in [0, 0.1) is 6.92 Å². The van der Waals surface area contributed by atoms with Gasteiger partial charge in [-0.2, -0.15) is 0 Å². The highest BCUT2D eigenvalue weighted by atomic mass is 32.1. The second-order valence-corrected chi connectivity index (χ2v) is 6.19. The summed E-state index contributed by atoms with van der Waals surface area (Å²) in [5, 5.41) is 12.9. The minimum atomic E-state index is -0.353. The van der Waals surface area contributed by atoms with Crippen LogP contribution in [-0.2, 0) is 5.41 Å². The Hall–Kier alpha value is -1.12. The van der Waals surface area contributed by atoms with Crippen LogP contribution in [0.2, 0.25) is 0 Å². The van der Waals surface area contributed by atoms with Crippen molar-refractivity contribution in [3.63, 3.8) is 0 Å². The molecule has 18 heavy (non-hydrogen) atoms. The molecule has 0 spiro atoms. The quantitative estimate of drug-likeness (QED) is 0.874. The van der Waals surface area contributed by atoms with E-state index in [1.165, 1.54) is 17.5 Å². The number of hydrogen-bond donors (Lipinski definition) is 1. The summed E-state index contributed by atoms with van der Waals surface area (Å²) in [6.07, 6.45) is 3.05. The zero-order valence-corrected chi connectivity index (χ0v) is 11.4. The van der Waals surface area contributed by atoms with E-state index in [0.717, 1.165) is 17.7 Å². The molecule has 1 atom stereocenters. The van der Waals surface area contributed by atoms with Crippen LogP contribution >= 0.6 is 11.3 Å². The van der Waals surface area contributed by atoms with Gasteiger partial charge in [-0.05, 0) is 42.3 Å². The van der Waals surface area contributed by atoms with E-state index >= 15 is 0 Å². The molecule has 2 aromatic rings. The highest BCUT2D eigenvalue weighted by Crippen LogP contribution is 2.53. The Labute approximate surface area is 112 Å². The lowest BCUT2D eigenvalue weighted by molar-refractivity contribution is 0.0290. The van der Waals surface area contributed by atoms with E-state index in [1.807, 2.05) is 6.07 Å². The number of thiophene rings is 1. The number of aliphatic hydroxyl groups is 1. The van der Waals surface area contributed by atoms with Gasteiger partial charge >= 0.3 is 0 Å². The number of rotatable bonds is 3. The molecular formula is C16H18OS. The van der Waals surface area contributed by atoms with Crippen molar-refractivity contribution in [1.82, 2.24) is 0 Å². The largest absolute Gasteiger partial charge is 0.387 e. The van der Waals surface area contributed by atoms with E-state index in [2.05, 4.69) is 42.6 Å². The van der Waals surface area contributed by atoms with Crippen molar-refractivity contribution in [3.05, 3.63) is 57.8 Å². The van der Waals surface area contributed by atoms with Gasteiger partial charge in [0.2, 0.25) is 0 Å². The number of aryl methyl sites for hydroxylation is 1. The normalized spacial score (nSPS) is 19.2. The molecule has 1 aliphatic rings. The molecule has 1 N–H and O–H groups in total. The Kier molecular flexibility index (Phi) is 3.00. The van der Waals surface area contributed by atoms with Crippen LogP contribution in [0.25, 0.3) is 0 Å². The number of benzene rings is 1. The molecule has 1 saturated carbocycles. The molecule has 0 amide bonds. The van der Waals surface area contributed by atoms with Crippen LogP contribution < -0.4 is 0 Å². The maximum absolute atomic E-state index is 10.8. The van der Waals surface area contributed by atoms with E-state index in [9.17, 15) is 5.11 Å². The fourth-order valence-electron chi connectivity index (χ4n) is 2.96. The molecule has 1 heterocycles. The summed E-state index contributed by atoms with van der Waals surface area (Å²) in [5.74, 6) is 0. The van der Waals surface area contributed by atoms with Gasteiger partial charge in [0, 0.05) is 10.3 Å². The first kappa shape index (κ1) is 11.9. The van der Waals surface area contributed by atoms with Gasteiger partial charge in [0.25, 0.3) is 0 Å². The Bertz CT molecular complexity index is 525. The summed E-state index contributed by atoms with van der Waals surface area (Å²) in [4.78, 5) is 1.14. The lowest BCUT2D eigenvalue weighted by Gasteiger charge is -2.46. The Morgan fingerprint density at radius 3 is 2.39 bits per heavy atom. The van der Waals surface area contributed by atoms with E-state index in [4.69, 9.17) is 0 Å². The van der Waals surface area contributed by atoms with Gasteiger partial charge in [-0.25, -0.2) is 0 Å². The van der Waals surface area contributed by atoms with Gasteiger partial charge < -0.3 is 5.11 Å². The predicted molar refractivity (Wildman–Crippen MR) is 76.0 cm³/mol. The van der Waals surface area contributed by atoms with Gasteiger partial charge in [0.05, 0.1) is 6.10 Å². The van der Waals surface area contributed by atoms with E-state index in [-0.39, 0.29) is 11.5 Å². The Morgan fingerprint density at radius 1 is 1.17 bits per heavy atom. The first-order valence-electron chi connectivity index (χ1n) is 6.52. The number of aliphatic hydroxyl groups excluding tert-OH is 1. The molecule has 94 valence electrons. The summed E-state index contributed by atoms with van der Waals surface area (Å²) >= 11 is 1.68. The maximum atomic E-state index is 10.8. The monoisotopic (exact) mass is 258 g/mol. The van der Waals surface area contributed by atoms with Crippen molar-refractivity contribution in [2.24, 2.45) is 0 Å². The Balaban J connectivity index is 2.00. The van der Waals surface area contributed by atoms with Gasteiger partial charge in [-0.15, -0.1) is 11.3 Å². The average Bonchev–Trinajstić information content (AvgIpc) is 2.75. The molecule has 0 radical (unpaired) electrons. The van der Waals surface area contributed by atoms with Crippen LogP contribution in [0.3, 0.4) is 0 Å². The molecular weight excluding hydrogens is 240 g/mol. The minimum absolute atomic E-state index is 0.0448. The zero-order valence-electron chi connectivity index (χ0n) is 10.6. The standard InChI is InChI=1S/C16H18OS/c1-12-8-11-18-14(12)15(17)16(9-5-10-16)13-6-3-2-4-7-13/h2-4,6-8,11,15,17H,5,9-10H2,1H3. The van der Waals surface area contributed by atoms with Crippen molar-refractivity contribution in [3.8, 4) is 0 Å². The second kappa shape index (κ2) is 4.52. The highest BCUT2D eigenvalue weighted by molar-refractivity contribution is 7.10. The molecule has 0 aliphatic heterocycles. The predicted octanol–water partition coefficient (Wildman–Crippen LogP) is 4.21. The summed E-state index contributed by atoms with van der Waals surface area (Å²) in [5.41, 5.74) is 2.46. The third-order valence-corrected chi connectivity index (χ3v) is 5.34. The summed E-state index contributed by atoms with van der Waals surface area (Å²) in [7, 11) is 0. The molecule has 1 fully saturated rings. The topological polar surface area (TPSA) is 20.2 Å². The average molecular weight is 258 g/mol. The van der Waals surface area contributed by atoms with Crippen LogP contribution in [0.1, 0.15) is 41.4 Å². The van der Waals surface area contributed by atoms with Gasteiger partial charge in [-0.1, -0.05) is 36.8 Å².